The van der Waals surface area contributed by atoms with Gasteiger partial charge in [0.25, 0.3) is 10.0 Å². The summed E-state index contributed by atoms with van der Waals surface area (Å²) in [7, 11) is -4.40. The molecule has 0 spiro atoms. The third-order valence-electron chi connectivity index (χ3n) is 5.13. The van der Waals surface area contributed by atoms with E-state index in [0.717, 1.165) is 10.4 Å². The van der Waals surface area contributed by atoms with Crippen LogP contribution in [-0.4, -0.2) is 57.9 Å². The van der Waals surface area contributed by atoms with E-state index in [2.05, 4.69) is 10.6 Å². The van der Waals surface area contributed by atoms with Gasteiger partial charge in [0.1, 0.15) is 11.9 Å². The molecular weight excluding hydrogens is 464 g/mol. The number of halogens is 2. The highest BCUT2D eigenvalue weighted by Gasteiger charge is 2.36. The van der Waals surface area contributed by atoms with Gasteiger partial charge in [-0.2, -0.15) is 0 Å². The predicted molar refractivity (Wildman–Crippen MR) is 111 cm³/mol. The minimum Gasteiger partial charge on any atom is -0.484 e. The molecule has 1 saturated heterocycles. The second-order valence-electron chi connectivity index (χ2n) is 7.44. The van der Waals surface area contributed by atoms with E-state index in [0.29, 0.717) is 25.3 Å². The molecule has 176 valence electrons. The second-order valence-corrected chi connectivity index (χ2v) is 9.31. The number of anilines is 2. The van der Waals surface area contributed by atoms with Crippen LogP contribution >= 0.6 is 0 Å². The number of nitrogens with one attached hydrogen (secondary N) is 2. The molecule has 2 amide bonds. The third-order valence-corrected chi connectivity index (χ3v) is 6.91. The molecule has 1 unspecified atom stereocenters. The van der Waals surface area contributed by atoms with Crippen LogP contribution in [-0.2, 0) is 19.6 Å². The van der Waals surface area contributed by atoms with Gasteiger partial charge in [0.05, 0.1) is 42.8 Å². The van der Waals surface area contributed by atoms with E-state index in [1.165, 1.54) is 18.2 Å². The Balaban J connectivity index is 1.66. The Morgan fingerprint density at radius 3 is 2.52 bits per heavy atom. The van der Waals surface area contributed by atoms with Crippen molar-refractivity contribution in [2.45, 2.75) is 11.0 Å². The molecule has 2 aliphatic heterocycles. The number of fused-ring (bicyclic) bond motifs is 1. The molecule has 10 nitrogen and oxygen atoms in total. The van der Waals surface area contributed by atoms with Crippen molar-refractivity contribution in [3.8, 4) is 5.75 Å². The number of sulfonamides is 1. The molecule has 0 saturated carbocycles. The maximum atomic E-state index is 13.8. The summed E-state index contributed by atoms with van der Waals surface area (Å²) in [5.74, 6) is -2.98. The summed E-state index contributed by atoms with van der Waals surface area (Å²) < 4.78 is 65.5. The molecule has 2 aliphatic rings. The number of carboxylic acid groups (broad SMARTS) is 1. The highest BCUT2D eigenvalue weighted by molar-refractivity contribution is 7.92. The predicted octanol–water partition coefficient (Wildman–Crippen LogP) is 1.77. The standard InChI is InChI=1S/C20H19F2N3O7S/c21-15-3-2-14(6-16(15)22)33(29,30)25-8-13(7-23-19(26)11-9-31-10-11)32-18-4-1-12(5-17(18)25)24-20(27)28/h1-6,11,13,24H,7-10H2,(H,23,26)(H,27,28). The van der Waals surface area contributed by atoms with Gasteiger partial charge in [-0.3, -0.25) is 14.4 Å². The van der Waals surface area contributed by atoms with E-state index < -0.39 is 38.8 Å². The first-order chi connectivity index (χ1) is 15.6. The number of hydrogen-bond acceptors (Lipinski definition) is 6. The number of nitrogens with zero attached hydrogens (tertiary/aromatic N) is 1. The van der Waals surface area contributed by atoms with Crippen molar-refractivity contribution >= 4 is 33.4 Å². The Morgan fingerprint density at radius 1 is 1.12 bits per heavy atom. The fraction of sp³-hybridized carbons (Fsp3) is 0.300. The average molecular weight is 483 g/mol. The molecule has 0 radical (unpaired) electrons. The van der Waals surface area contributed by atoms with E-state index in [1.807, 2.05) is 0 Å². The Bertz CT molecular complexity index is 1200. The van der Waals surface area contributed by atoms with E-state index in [9.17, 15) is 26.8 Å². The van der Waals surface area contributed by atoms with Crippen LogP contribution in [0.1, 0.15) is 0 Å². The molecule has 33 heavy (non-hydrogen) atoms. The first-order valence-corrected chi connectivity index (χ1v) is 11.2. The highest BCUT2D eigenvalue weighted by atomic mass is 32.2. The summed E-state index contributed by atoms with van der Waals surface area (Å²) >= 11 is 0. The van der Waals surface area contributed by atoms with Crippen LogP contribution in [0.3, 0.4) is 0 Å². The summed E-state index contributed by atoms with van der Waals surface area (Å²) in [6.07, 6.45) is -2.16. The molecule has 2 heterocycles. The van der Waals surface area contributed by atoms with Gasteiger partial charge in [0.15, 0.2) is 11.6 Å². The summed E-state index contributed by atoms with van der Waals surface area (Å²) in [5.41, 5.74) is 0.0769. The zero-order chi connectivity index (χ0) is 23.8. The van der Waals surface area contributed by atoms with Crippen molar-refractivity contribution in [1.29, 1.82) is 0 Å². The molecule has 0 bridgehead atoms. The van der Waals surface area contributed by atoms with Gasteiger partial charge < -0.3 is 19.9 Å². The molecule has 3 N–H and O–H groups in total. The van der Waals surface area contributed by atoms with Gasteiger partial charge in [-0.1, -0.05) is 0 Å². The normalized spacial score (nSPS) is 18.0. The zero-order valence-electron chi connectivity index (χ0n) is 17.0. The molecule has 0 aliphatic carbocycles. The van der Waals surface area contributed by atoms with E-state index >= 15 is 0 Å². The van der Waals surface area contributed by atoms with Crippen LogP contribution in [0.5, 0.6) is 5.75 Å². The van der Waals surface area contributed by atoms with Gasteiger partial charge >= 0.3 is 6.09 Å². The number of carbonyl (C=O) groups is 2. The molecule has 2 aromatic carbocycles. The van der Waals surface area contributed by atoms with Gasteiger partial charge in [0, 0.05) is 5.69 Å². The highest BCUT2D eigenvalue weighted by Crippen LogP contribution is 2.39. The Labute approximate surface area is 187 Å². The molecule has 2 aromatic rings. The fourth-order valence-electron chi connectivity index (χ4n) is 3.36. The lowest BCUT2D eigenvalue weighted by atomic mass is 10.1. The quantitative estimate of drug-likeness (QED) is 0.570. The maximum absolute atomic E-state index is 13.8. The topological polar surface area (TPSA) is 134 Å². The van der Waals surface area contributed by atoms with Crippen LogP contribution in [0, 0.1) is 17.6 Å². The number of rotatable bonds is 6. The van der Waals surface area contributed by atoms with Crippen LogP contribution in [0.15, 0.2) is 41.3 Å². The SMILES string of the molecule is O=C(O)Nc1ccc2c(c1)N(S(=O)(=O)c1ccc(F)c(F)c1)CC(CNC(=O)C1COC1)O2. The molecule has 1 atom stereocenters. The number of ether oxygens (including phenoxy) is 2. The van der Waals surface area contributed by atoms with Gasteiger partial charge in [-0.05, 0) is 36.4 Å². The second kappa shape index (κ2) is 8.83. The van der Waals surface area contributed by atoms with Gasteiger partial charge in [-0.25, -0.2) is 22.0 Å². The fourth-order valence-corrected chi connectivity index (χ4v) is 4.87. The van der Waals surface area contributed by atoms with Crippen molar-refractivity contribution in [1.82, 2.24) is 5.32 Å². The first-order valence-electron chi connectivity index (χ1n) is 9.79. The molecule has 4 rings (SSSR count). The van der Waals surface area contributed by atoms with E-state index in [-0.39, 0.29) is 42.0 Å². The smallest absolute Gasteiger partial charge is 0.409 e. The minimum atomic E-state index is -4.40. The number of amides is 2. The van der Waals surface area contributed by atoms with Crippen molar-refractivity contribution in [3.63, 3.8) is 0 Å². The van der Waals surface area contributed by atoms with Crippen molar-refractivity contribution < 1.29 is 41.4 Å². The van der Waals surface area contributed by atoms with Gasteiger partial charge in [0.2, 0.25) is 5.91 Å². The lowest BCUT2D eigenvalue weighted by molar-refractivity contribution is -0.139. The van der Waals surface area contributed by atoms with Crippen LogP contribution in [0.4, 0.5) is 25.0 Å². The first kappa shape index (κ1) is 22.7. The zero-order valence-corrected chi connectivity index (χ0v) is 17.8. The lowest BCUT2D eigenvalue weighted by Gasteiger charge is -2.36. The molecular formula is C20H19F2N3O7S. The van der Waals surface area contributed by atoms with E-state index in [1.54, 1.807) is 0 Å². The minimum absolute atomic E-state index is 0.000882. The largest absolute Gasteiger partial charge is 0.484 e. The van der Waals surface area contributed by atoms with E-state index in [4.69, 9.17) is 14.6 Å². The van der Waals surface area contributed by atoms with Crippen molar-refractivity contribution in [3.05, 3.63) is 48.0 Å². The average Bonchev–Trinajstić information content (AvgIpc) is 2.72. The number of benzene rings is 2. The van der Waals surface area contributed by atoms with Crippen LogP contribution < -0.4 is 19.7 Å². The summed E-state index contributed by atoms with van der Waals surface area (Å²) in [6, 6.07) is 6.19. The van der Waals surface area contributed by atoms with Gasteiger partial charge in [-0.15, -0.1) is 0 Å². The molecule has 0 aromatic heterocycles. The Hall–Kier alpha value is -3.45. The van der Waals surface area contributed by atoms with Crippen molar-refractivity contribution in [2.75, 3.05) is 35.9 Å². The van der Waals surface area contributed by atoms with Crippen molar-refractivity contribution in [2.24, 2.45) is 5.92 Å². The van der Waals surface area contributed by atoms with Crippen LogP contribution in [0.2, 0.25) is 0 Å². The number of carbonyl (C=O) groups excluding carboxylic acids is 1. The third kappa shape index (κ3) is 4.68. The number of hydrogen-bond donors (Lipinski definition) is 3. The molecule has 1 fully saturated rings. The summed E-state index contributed by atoms with van der Waals surface area (Å²) in [4.78, 5) is 22.6. The maximum Gasteiger partial charge on any atom is 0.409 e. The monoisotopic (exact) mass is 483 g/mol. The summed E-state index contributed by atoms with van der Waals surface area (Å²) in [5, 5.41) is 13.8. The molecule has 13 heteroatoms. The van der Waals surface area contributed by atoms with Crippen LogP contribution in [0.25, 0.3) is 0 Å². The Morgan fingerprint density at radius 2 is 1.88 bits per heavy atom. The Kier molecular flexibility index (Phi) is 6.08. The summed E-state index contributed by atoms with van der Waals surface area (Å²) in [6.45, 7) is 0.312. The lowest BCUT2D eigenvalue weighted by Crippen LogP contribution is -2.50.